The predicted molar refractivity (Wildman–Crippen MR) is 72.9 cm³/mol. The molecule has 0 saturated carbocycles. The molecule has 1 heterocycles. The standard InChI is InChI=1S/C13H16BrN3/c1-10-4-2-3-5-12(10)11(8-15)9-17-7-6-16-13(17)14/h2-7,11H,8-9,15H2,1H3. The third-order valence-electron chi connectivity index (χ3n) is 2.99. The number of imidazole rings is 1. The van der Waals surface area contributed by atoms with Crippen molar-refractivity contribution in [2.75, 3.05) is 6.54 Å². The molecule has 3 nitrogen and oxygen atoms in total. The van der Waals surface area contributed by atoms with Crippen LogP contribution in [0.3, 0.4) is 0 Å². The second-order valence-electron chi connectivity index (χ2n) is 4.14. The van der Waals surface area contributed by atoms with Crippen molar-refractivity contribution in [2.45, 2.75) is 19.4 Å². The SMILES string of the molecule is Cc1ccccc1C(CN)Cn1ccnc1Br. The molecule has 0 fully saturated rings. The van der Waals surface area contributed by atoms with Gasteiger partial charge in [0.15, 0.2) is 4.73 Å². The van der Waals surface area contributed by atoms with E-state index in [4.69, 9.17) is 5.73 Å². The number of nitrogens with two attached hydrogens (primary N) is 1. The summed E-state index contributed by atoms with van der Waals surface area (Å²) in [6.07, 6.45) is 3.75. The molecule has 2 aromatic rings. The van der Waals surface area contributed by atoms with Crippen molar-refractivity contribution < 1.29 is 0 Å². The highest BCUT2D eigenvalue weighted by Crippen LogP contribution is 2.22. The molecule has 17 heavy (non-hydrogen) atoms. The minimum atomic E-state index is 0.321. The highest BCUT2D eigenvalue weighted by atomic mass is 79.9. The first-order chi connectivity index (χ1) is 8.22. The third kappa shape index (κ3) is 2.76. The molecule has 1 aromatic heterocycles. The van der Waals surface area contributed by atoms with Gasteiger partial charge in [0.2, 0.25) is 0 Å². The Morgan fingerprint density at radius 1 is 1.41 bits per heavy atom. The van der Waals surface area contributed by atoms with E-state index in [1.807, 2.05) is 6.20 Å². The lowest BCUT2D eigenvalue weighted by molar-refractivity contribution is 0.556. The normalized spacial score (nSPS) is 12.6. The second-order valence-corrected chi connectivity index (χ2v) is 4.85. The van der Waals surface area contributed by atoms with E-state index in [9.17, 15) is 0 Å². The summed E-state index contributed by atoms with van der Waals surface area (Å²) in [5.74, 6) is 0.321. The summed E-state index contributed by atoms with van der Waals surface area (Å²) in [6, 6.07) is 8.39. The van der Waals surface area contributed by atoms with Gasteiger partial charge in [0, 0.05) is 31.4 Å². The van der Waals surface area contributed by atoms with E-state index in [2.05, 4.69) is 56.7 Å². The molecular formula is C13H16BrN3. The van der Waals surface area contributed by atoms with Crippen molar-refractivity contribution in [3.8, 4) is 0 Å². The fourth-order valence-electron chi connectivity index (χ4n) is 2.03. The third-order valence-corrected chi connectivity index (χ3v) is 3.65. The molecule has 0 spiro atoms. The first kappa shape index (κ1) is 12.3. The van der Waals surface area contributed by atoms with Gasteiger partial charge in [-0.25, -0.2) is 4.98 Å². The van der Waals surface area contributed by atoms with Gasteiger partial charge in [0.1, 0.15) is 0 Å². The average Bonchev–Trinajstić information content (AvgIpc) is 2.73. The molecule has 1 atom stereocenters. The molecule has 0 amide bonds. The monoisotopic (exact) mass is 293 g/mol. The maximum Gasteiger partial charge on any atom is 0.177 e. The Morgan fingerprint density at radius 3 is 2.76 bits per heavy atom. The molecule has 0 bridgehead atoms. The zero-order valence-electron chi connectivity index (χ0n) is 9.81. The molecule has 0 aliphatic heterocycles. The van der Waals surface area contributed by atoms with Crippen molar-refractivity contribution in [3.05, 3.63) is 52.5 Å². The van der Waals surface area contributed by atoms with Crippen molar-refractivity contribution >= 4 is 15.9 Å². The van der Waals surface area contributed by atoms with Gasteiger partial charge in [-0.2, -0.15) is 0 Å². The minimum absolute atomic E-state index is 0.321. The Morgan fingerprint density at radius 2 is 2.18 bits per heavy atom. The van der Waals surface area contributed by atoms with Crippen LogP contribution in [0.15, 0.2) is 41.4 Å². The molecule has 0 saturated heterocycles. The first-order valence-electron chi connectivity index (χ1n) is 5.64. The molecule has 0 radical (unpaired) electrons. The lowest BCUT2D eigenvalue weighted by Gasteiger charge is -2.18. The zero-order chi connectivity index (χ0) is 12.3. The summed E-state index contributed by atoms with van der Waals surface area (Å²) in [5, 5.41) is 0. The van der Waals surface area contributed by atoms with E-state index in [1.165, 1.54) is 11.1 Å². The van der Waals surface area contributed by atoms with Gasteiger partial charge in [0.25, 0.3) is 0 Å². The number of nitrogens with zero attached hydrogens (tertiary/aromatic N) is 2. The Hall–Kier alpha value is -1.13. The van der Waals surface area contributed by atoms with Crippen LogP contribution in [-0.4, -0.2) is 16.1 Å². The minimum Gasteiger partial charge on any atom is -0.330 e. The maximum absolute atomic E-state index is 5.89. The molecule has 1 aromatic carbocycles. The van der Waals surface area contributed by atoms with Crippen LogP contribution in [0.5, 0.6) is 0 Å². The van der Waals surface area contributed by atoms with Crippen molar-refractivity contribution in [1.29, 1.82) is 0 Å². The van der Waals surface area contributed by atoms with E-state index in [-0.39, 0.29) is 0 Å². The van der Waals surface area contributed by atoms with Gasteiger partial charge in [-0.1, -0.05) is 24.3 Å². The van der Waals surface area contributed by atoms with Crippen LogP contribution in [0.1, 0.15) is 17.0 Å². The van der Waals surface area contributed by atoms with Crippen LogP contribution < -0.4 is 5.73 Å². The summed E-state index contributed by atoms with van der Waals surface area (Å²) in [6.45, 7) is 3.61. The van der Waals surface area contributed by atoms with Crippen LogP contribution >= 0.6 is 15.9 Å². The quantitative estimate of drug-likeness (QED) is 0.942. The van der Waals surface area contributed by atoms with Crippen LogP contribution in [0.2, 0.25) is 0 Å². The molecule has 90 valence electrons. The van der Waals surface area contributed by atoms with Gasteiger partial charge in [0.05, 0.1) is 0 Å². The van der Waals surface area contributed by atoms with Gasteiger partial charge in [-0.15, -0.1) is 0 Å². The fraction of sp³-hybridized carbons (Fsp3) is 0.308. The van der Waals surface area contributed by atoms with E-state index in [0.29, 0.717) is 12.5 Å². The van der Waals surface area contributed by atoms with Crippen molar-refractivity contribution in [2.24, 2.45) is 5.73 Å². The van der Waals surface area contributed by atoms with Crippen LogP contribution in [-0.2, 0) is 6.54 Å². The van der Waals surface area contributed by atoms with Crippen molar-refractivity contribution in [1.82, 2.24) is 9.55 Å². The molecule has 0 aliphatic rings. The van der Waals surface area contributed by atoms with E-state index >= 15 is 0 Å². The topological polar surface area (TPSA) is 43.8 Å². The predicted octanol–water partition coefficient (Wildman–Crippen LogP) is 2.70. The Kier molecular flexibility index (Phi) is 3.97. The van der Waals surface area contributed by atoms with Gasteiger partial charge >= 0.3 is 0 Å². The van der Waals surface area contributed by atoms with E-state index < -0.39 is 0 Å². The summed E-state index contributed by atoms with van der Waals surface area (Å²) in [4.78, 5) is 4.16. The fourth-order valence-corrected chi connectivity index (χ4v) is 2.41. The van der Waals surface area contributed by atoms with Crippen LogP contribution in [0.25, 0.3) is 0 Å². The summed E-state index contributed by atoms with van der Waals surface area (Å²) in [5.41, 5.74) is 8.50. The Bertz CT molecular complexity index is 493. The summed E-state index contributed by atoms with van der Waals surface area (Å²) in [7, 11) is 0. The largest absolute Gasteiger partial charge is 0.330 e. The molecule has 0 aliphatic carbocycles. The van der Waals surface area contributed by atoms with Gasteiger partial charge < -0.3 is 10.3 Å². The van der Waals surface area contributed by atoms with Crippen LogP contribution in [0, 0.1) is 6.92 Å². The van der Waals surface area contributed by atoms with Gasteiger partial charge in [-0.05, 0) is 34.0 Å². The highest BCUT2D eigenvalue weighted by molar-refractivity contribution is 9.10. The number of hydrogen-bond donors (Lipinski definition) is 1. The lowest BCUT2D eigenvalue weighted by Crippen LogP contribution is -2.19. The lowest BCUT2D eigenvalue weighted by atomic mass is 9.95. The number of rotatable bonds is 4. The number of benzene rings is 1. The maximum atomic E-state index is 5.89. The number of halogens is 1. The molecule has 2 N–H and O–H groups in total. The molecule has 4 heteroatoms. The number of aryl methyl sites for hydroxylation is 1. The molecule has 2 rings (SSSR count). The van der Waals surface area contributed by atoms with Gasteiger partial charge in [-0.3, -0.25) is 0 Å². The smallest absolute Gasteiger partial charge is 0.177 e. The Labute approximate surface area is 110 Å². The van der Waals surface area contributed by atoms with Crippen LogP contribution in [0.4, 0.5) is 0 Å². The number of hydrogen-bond acceptors (Lipinski definition) is 2. The first-order valence-corrected chi connectivity index (χ1v) is 6.44. The average molecular weight is 294 g/mol. The molecular weight excluding hydrogens is 278 g/mol. The molecule has 1 unspecified atom stereocenters. The van der Waals surface area contributed by atoms with Crippen molar-refractivity contribution in [3.63, 3.8) is 0 Å². The second kappa shape index (κ2) is 5.47. The summed E-state index contributed by atoms with van der Waals surface area (Å²) >= 11 is 3.43. The van der Waals surface area contributed by atoms with E-state index in [1.54, 1.807) is 6.20 Å². The Balaban J connectivity index is 2.23. The zero-order valence-corrected chi connectivity index (χ0v) is 11.4. The van der Waals surface area contributed by atoms with E-state index in [0.717, 1.165) is 11.3 Å². The number of aromatic nitrogens is 2. The highest BCUT2D eigenvalue weighted by Gasteiger charge is 2.13. The summed E-state index contributed by atoms with van der Waals surface area (Å²) < 4.78 is 2.92.